The minimum Gasteiger partial charge on any atom is -0.373 e. The summed E-state index contributed by atoms with van der Waals surface area (Å²) in [7, 11) is 16.9. The van der Waals surface area contributed by atoms with Crippen molar-refractivity contribution in [2.75, 3.05) is 6.54 Å². The molecule has 3 aromatic rings. The standard InChI is InChI=1S/C22H20B3N5O4/c23-22(24,25)30-9-7-21(33,20(30)32)16-11-14(28-34-16)12-4-3-5-13(10-12)17-15-6-1-2-8-29(15)19(27-17)18(26)31/h3-5,10-11,33H,1-2,6-9H2,(H2,26,31). The Bertz CT molecular complexity index is 1300. The zero-order chi connectivity index (χ0) is 24.3. The molecule has 34 heavy (non-hydrogen) atoms. The molecule has 0 spiro atoms. The first-order valence-electron chi connectivity index (χ1n) is 11.0. The van der Waals surface area contributed by atoms with Gasteiger partial charge in [-0.25, -0.2) is 4.98 Å². The van der Waals surface area contributed by atoms with Gasteiger partial charge in [0.25, 0.3) is 11.8 Å². The van der Waals surface area contributed by atoms with E-state index in [9.17, 15) is 14.7 Å². The van der Waals surface area contributed by atoms with Gasteiger partial charge in [-0.3, -0.25) is 9.59 Å². The smallest absolute Gasteiger partial charge is 0.284 e. The van der Waals surface area contributed by atoms with Crippen molar-refractivity contribution in [1.82, 2.24) is 19.6 Å². The molecule has 2 aromatic heterocycles. The molecular formula is C22H20B3N5O4. The van der Waals surface area contributed by atoms with Gasteiger partial charge < -0.3 is 24.8 Å². The molecule has 1 aromatic carbocycles. The van der Waals surface area contributed by atoms with Gasteiger partial charge in [-0.15, -0.1) is 0 Å². The summed E-state index contributed by atoms with van der Waals surface area (Å²) in [4.78, 5) is 30.2. The third-order valence-corrected chi connectivity index (χ3v) is 6.45. The number of rotatable bonds is 5. The number of hydrogen-bond donors (Lipinski definition) is 2. The van der Waals surface area contributed by atoms with E-state index in [0.29, 0.717) is 23.5 Å². The Morgan fingerprint density at radius 2 is 1.94 bits per heavy atom. The highest BCUT2D eigenvalue weighted by Gasteiger charge is 2.51. The number of amides is 2. The van der Waals surface area contributed by atoms with Crippen molar-refractivity contribution in [1.29, 1.82) is 0 Å². The molecule has 2 amide bonds. The lowest BCUT2D eigenvalue weighted by Crippen LogP contribution is -2.53. The van der Waals surface area contributed by atoms with Gasteiger partial charge in [0.2, 0.25) is 5.60 Å². The minimum atomic E-state index is -1.97. The van der Waals surface area contributed by atoms with Gasteiger partial charge in [0.15, 0.2) is 11.6 Å². The second-order valence-electron chi connectivity index (χ2n) is 8.82. The average Bonchev–Trinajstić information content (AvgIpc) is 3.50. The lowest BCUT2D eigenvalue weighted by Gasteiger charge is -2.34. The molecule has 4 heterocycles. The van der Waals surface area contributed by atoms with Gasteiger partial charge in [-0.1, -0.05) is 28.6 Å². The first kappa shape index (κ1) is 22.5. The quantitative estimate of drug-likeness (QED) is 0.534. The van der Waals surface area contributed by atoms with Gasteiger partial charge >= 0.3 is 0 Å². The Morgan fingerprint density at radius 3 is 2.65 bits per heavy atom. The molecule has 1 saturated heterocycles. The van der Waals surface area contributed by atoms with Crippen molar-refractivity contribution in [3.8, 4) is 22.5 Å². The predicted octanol–water partition coefficient (Wildman–Crippen LogP) is 0.177. The Hall–Kier alpha value is -3.27. The Morgan fingerprint density at radius 1 is 1.18 bits per heavy atom. The lowest BCUT2D eigenvalue weighted by molar-refractivity contribution is -0.146. The van der Waals surface area contributed by atoms with Gasteiger partial charge in [-0.05, 0) is 25.3 Å². The van der Waals surface area contributed by atoms with E-state index in [0.717, 1.165) is 35.4 Å². The largest absolute Gasteiger partial charge is 0.373 e. The SMILES string of the molecule is [B]C([B])([B])N1CCC(O)(c2cc(-c3cccc(-c4nc(C(N)=O)n5c4CCCC5)c3)no2)C1=O. The molecule has 0 aliphatic carbocycles. The summed E-state index contributed by atoms with van der Waals surface area (Å²) < 4.78 is 7.25. The van der Waals surface area contributed by atoms with E-state index < -0.39 is 22.7 Å². The summed E-state index contributed by atoms with van der Waals surface area (Å²) in [6, 6.07) is 8.91. The van der Waals surface area contributed by atoms with Gasteiger partial charge in [0, 0.05) is 42.4 Å². The maximum atomic E-state index is 12.8. The van der Waals surface area contributed by atoms with E-state index >= 15 is 0 Å². The fraction of sp³-hybridized carbons (Fsp3) is 0.364. The number of imidazole rings is 1. The summed E-state index contributed by atoms with van der Waals surface area (Å²) >= 11 is 0. The van der Waals surface area contributed by atoms with Gasteiger partial charge in [-0.2, -0.15) is 0 Å². The molecule has 0 saturated carbocycles. The van der Waals surface area contributed by atoms with Crippen molar-refractivity contribution in [2.45, 2.75) is 43.1 Å². The van der Waals surface area contributed by atoms with Crippen molar-refractivity contribution >= 4 is 35.4 Å². The lowest BCUT2D eigenvalue weighted by atomic mass is 9.48. The Kier molecular flexibility index (Phi) is 5.24. The number of carbonyl (C=O) groups excluding carboxylic acids is 2. The van der Waals surface area contributed by atoms with Crippen LogP contribution in [0.1, 0.15) is 41.3 Å². The van der Waals surface area contributed by atoms with Crippen molar-refractivity contribution in [3.63, 3.8) is 0 Å². The second kappa shape index (κ2) is 7.90. The highest BCUT2D eigenvalue weighted by atomic mass is 16.5. The highest BCUT2D eigenvalue weighted by molar-refractivity contribution is 6.59. The van der Waals surface area contributed by atoms with Crippen LogP contribution in [-0.4, -0.2) is 71.8 Å². The van der Waals surface area contributed by atoms with Crippen LogP contribution in [0.2, 0.25) is 0 Å². The molecule has 2 aliphatic heterocycles. The molecule has 1 fully saturated rings. The van der Waals surface area contributed by atoms with Crippen LogP contribution >= 0.6 is 0 Å². The Balaban J connectivity index is 1.49. The van der Waals surface area contributed by atoms with Crippen LogP contribution < -0.4 is 5.73 Å². The first-order chi connectivity index (χ1) is 16.1. The van der Waals surface area contributed by atoms with E-state index in [1.165, 1.54) is 6.07 Å². The van der Waals surface area contributed by atoms with Crippen LogP contribution in [0.25, 0.3) is 22.5 Å². The normalized spacial score (nSPS) is 20.5. The fourth-order valence-electron chi connectivity index (χ4n) is 4.70. The van der Waals surface area contributed by atoms with Crippen LogP contribution in [0.5, 0.6) is 0 Å². The van der Waals surface area contributed by atoms with Gasteiger partial charge in [0.1, 0.15) is 5.69 Å². The Labute approximate surface area is 199 Å². The molecule has 6 radical (unpaired) electrons. The third-order valence-electron chi connectivity index (χ3n) is 6.45. The molecule has 2 aliphatic rings. The summed E-state index contributed by atoms with van der Waals surface area (Å²) in [5, 5.41) is 13.2. The monoisotopic (exact) mass is 451 g/mol. The van der Waals surface area contributed by atoms with Crippen LogP contribution in [-0.2, 0) is 23.4 Å². The first-order valence-corrected chi connectivity index (χ1v) is 11.0. The summed E-state index contributed by atoms with van der Waals surface area (Å²) in [6.07, 6.45) is 2.76. The van der Waals surface area contributed by atoms with E-state index in [2.05, 4.69) is 10.1 Å². The molecule has 3 N–H and O–H groups in total. The van der Waals surface area contributed by atoms with E-state index in [1.807, 2.05) is 28.8 Å². The zero-order valence-corrected chi connectivity index (χ0v) is 18.4. The number of aromatic nitrogens is 3. The zero-order valence-electron chi connectivity index (χ0n) is 18.4. The fourth-order valence-corrected chi connectivity index (χ4v) is 4.70. The number of primary amides is 1. The summed E-state index contributed by atoms with van der Waals surface area (Å²) in [5.41, 5.74) is 7.14. The maximum Gasteiger partial charge on any atom is 0.284 e. The molecule has 166 valence electrons. The van der Waals surface area contributed by atoms with Gasteiger partial charge in [0.05, 0.1) is 29.2 Å². The number of carbonyl (C=O) groups is 2. The van der Waals surface area contributed by atoms with Crippen molar-refractivity contribution in [3.05, 3.63) is 47.6 Å². The number of nitrogens with two attached hydrogens (primary N) is 1. The van der Waals surface area contributed by atoms with Crippen LogP contribution in [0, 0.1) is 0 Å². The number of fused-ring (bicyclic) bond motifs is 1. The van der Waals surface area contributed by atoms with E-state index in [1.54, 1.807) is 0 Å². The van der Waals surface area contributed by atoms with Crippen molar-refractivity contribution in [2.24, 2.45) is 5.73 Å². The molecule has 1 unspecified atom stereocenters. The third kappa shape index (κ3) is 3.57. The molecular weight excluding hydrogens is 431 g/mol. The summed E-state index contributed by atoms with van der Waals surface area (Å²) in [6.45, 7) is 0.768. The number of hydrogen-bond acceptors (Lipinski definition) is 6. The predicted molar refractivity (Wildman–Crippen MR) is 125 cm³/mol. The maximum absolute atomic E-state index is 12.8. The van der Waals surface area contributed by atoms with Crippen LogP contribution in [0.15, 0.2) is 34.9 Å². The van der Waals surface area contributed by atoms with E-state index in [-0.39, 0.29) is 24.6 Å². The summed E-state index contributed by atoms with van der Waals surface area (Å²) in [5.74, 6) is -1.09. The van der Waals surface area contributed by atoms with Crippen LogP contribution in [0.4, 0.5) is 0 Å². The molecule has 1 atom stereocenters. The number of likely N-dealkylation sites (tertiary alicyclic amines) is 1. The van der Waals surface area contributed by atoms with Crippen molar-refractivity contribution < 1.29 is 19.2 Å². The number of nitrogens with zero attached hydrogens (tertiary/aromatic N) is 4. The number of aliphatic hydroxyl groups is 1. The molecule has 0 bridgehead atoms. The topological polar surface area (TPSA) is 127 Å². The van der Waals surface area contributed by atoms with Crippen LogP contribution in [0.3, 0.4) is 0 Å². The second-order valence-corrected chi connectivity index (χ2v) is 8.82. The average molecular weight is 451 g/mol. The molecule has 9 nitrogen and oxygen atoms in total. The number of benzene rings is 1. The molecule has 12 heteroatoms. The molecule has 5 rings (SSSR count). The van der Waals surface area contributed by atoms with E-state index in [4.69, 9.17) is 33.8 Å². The minimum absolute atomic E-state index is 0.00451. The highest BCUT2D eigenvalue weighted by Crippen LogP contribution is 2.37.